The van der Waals surface area contributed by atoms with E-state index >= 15 is 0 Å². The minimum Gasteiger partial charge on any atom is -0.503 e. The summed E-state index contributed by atoms with van der Waals surface area (Å²) < 4.78 is 16.3. The normalized spacial score (nSPS) is 16.3. The summed E-state index contributed by atoms with van der Waals surface area (Å²) in [5.41, 5.74) is 1.13. The molecule has 7 heteroatoms. The van der Waals surface area contributed by atoms with E-state index in [1.54, 1.807) is 55.6 Å². The maximum atomic E-state index is 13.5. The van der Waals surface area contributed by atoms with Gasteiger partial charge in [-0.3, -0.25) is 9.59 Å². The Kier molecular flexibility index (Phi) is 5.42. The van der Waals surface area contributed by atoms with E-state index in [0.717, 1.165) is 0 Å². The minimum absolute atomic E-state index is 0.00152. The lowest BCUT2D eigenvalue weighted by Crippen LogP contribution is -2.31. The van der Waals surface area contributed by atoms with Crippen LogP contribution in [0.5, 0.6) is 11.5 Å². The molecule has 1 amide bonds. The SMILES string of the molecule is CCCN1C(=O)C(O)=C(C(=O)c2cc3cccc(OC)c3o2)C1c1ccc(OC)cc1. The lowest BCUT2D eigenvalue weighted by molar-refractivity contribution is -0.129. The summed E-state index contributed by atoms with van der Waals surface area (Å²) in [6.45, 7) is 2.32. The van der Waals surface area contributed by atoms with Crippen LogP contribution in [-0.2, 0) is 4.79 Å². The van der Waals surface area contributed by atoms with Gasteiger partial charge in [-0.1, -0.05) is 31.2 Å². The number of hydrogen-bond acceptors (Lipinski definition) is 6. The largest absolute Gasteiger partial charge is 0.503 e. The molecule has 1 atom stereocenters. The summed E-state index contributed by atoms with van der Waals surface area (Å²) in [5.74, 6) is -0.474. The first kappa shape index (κ1) is 20.5. The molecule has 2 heterocycles. The Morgan fingerprint density at radius 2 is 1.87 bits per heavy atom. The van der Waals surface area contributed by atoms with Gasteiger partial charge in [0.25, 0.3) is 5.91 Å². The van der Waals surface area contributed by atoms with Crippen LogP contribution in [0.4, 0.5) is 0 Å². The highest BCUT2D eigenvalue weighted by Gasteiger charge is 2.44. The molecule has 0 saturated heterocycles. The van der Waals surface area contributed by atoms with Crippen molar-refractivity contribution in [1.82, 2.24) is 4.90 Å². The van der Waals surface area contributed by atoms with E-state index in [-0.39, 0.29) is 11.3 Å². The van der Waals surface area contributed by atoms with Gasteiger partial charge < -0.3 is 23.9 Å². The fourth-order valence-electron chi connectivity index (χ4n) is 3.93. The van der Waals surface area contributed by atoms with Crippen molar-refractivity contribution in [3.05, 3.63) is 71.2 Å². The first-order valence-corrected chi connectivity index (χ1v) is 9.99. The van der Waals surface area contributed by atoms with Gasteiger partial charge in [0.1, 0.15) is 5.75 Å². The molecule has 1 N–H and O–H groups in total. The molecule has 0 spiro atoms. The molecule has 1 aromatic heterocycles. The van der Waals surface area contributed by atoms with Crippen LogP contribution in [0.2, 0.25) is 0 Å². The number of rotatable bonds is 7. The van der Waals surface area contributed by atoms with Crippen LogP contribution in [-0.4, -0.2) is 42.5 Å². The summed E-state index contributed by atoms with van der Waals surface area (Å²) in [4.78, 5) is 27.8. The first-order chi connectivity index (χ1) is 15.0. The van der Waals surface area contributed by atoms with Crippen LogP contribution in [0.25, 0.3) is 11.0 Å². The predicted octanol–water partition coefficient (Wildman–Crippen LogP) is 4.44. The summed E-state index contributed by atoms with van der Waals surface area (Å²) in [5, 5.41) is 11.4. The number of ether oxygens (including phenoxy) is 2. The third-order valence-electron chi connectivity index (χ3n) is 5.40. The Labute approximate surface area is 179 Å². The second-order valence-corrected chi connectivity index (χ2v) is 7.25. The predicted molar refractivity (Wildman–Crippen MR) is 114 cm³/mol. The Morgan fingerprint density at radius 3 is 2.52 bits per heavy atom. The summed E-state index contributed by atoms with van der Waals surface area (Å²) in [6.07, 6.45) is 0.676. The van der Waals surface area contributed by atoms with Crippen LogP contribution in [0.3, 0.4) is 0 Å². The number of furan rings is 1. The van der Waals surface area contributed by atoms with Crippen molar-refractivity contribution in [2.45, 2.75) is 19.4 Å². The van der Waals surface area contributed by atoms with E-state index < -0.39 is 23.5 Å². The molecule has 160 valence electrons. The smallest absolute Gasteiger partial charge is 0.290 e. The number of carbonyl (C=O) groups is 2. The Morgan fingerprint density at radius 1 is 1.13 bits per heavy atom. The quantitative estimate of drug-likeness (QED) is 0.568. The number of carbonyl (C=O) groups excluding carboxylic acids is 2. The summed E-state index contributed by atoms with van der Waals surface area (Å²) in [7, 11) is 3.08. The number of methoxy groups -OCH3 is 2. The number of para-hydroxylation sites is 1. The average Bonchev–Trinajstić information content (AvgIpc) is 3.34. The molecular formula is C24H23NO6. The number of aliphatic hydroxyl groups is 1. The second-order valence-electron chi connectivity index (χ2n) is 7.25. The van der Waals surface area contributed by atoms with E-state index in [1.165, 1.54) is 12.0 Å². The third-order valence-corrected chi connectivity index (χ3v) is 5.40. The molecule has 0 bridgehead atoms. The van der Waals surface area contributed by atoms with Gasteiger partial charge in [0.15, 0.2) is 22.9 Å². The highest BCUT2D eigenvalue weighted by atomic mass is 16.5. The van der Waals surface area contributed by atoms with Crippen molar-refractivity contribution in [2.24, 2.45) is 0 Å². The minimum atomic E-state index is -0.721. The number of nitrogens with zero attached hydrogens (tertiary/aromatic N) is 1. The molecule has 0 radical (unpaired) electrons. The lowest BCUT2D eigenvalue weighted by atomic mass is 9.95. The van der Waals surface area contributed by atoms with Crippen molar-refractivity contribution < 1.29 is 28.6 Å². The van der Waals surface area contributed by atoms with E-state index in [1.807, 2.05) is 6.92 Å². The highest BCUT2D eigenvalue weighted by Crippen LogP contribution is 2.40. The standard InChI is InChI=1S/C24H23NO6/c1-4-12-25-20(14-8-10-16(29-2)11-9-14)19(22(27)24(25)28)21(26)18-13-15-6-5-7-17(30-3)23(15)31-18/h5-11,13,20,27H,4,12H2,1-3H3. The molecule has 0 fully saturated rings. The molecule has 0 aliphatic carbocycles. The number of amides is 1. The molecule has 1 aliphatic rings. The Bertz CT molecular complexity index is 1170. The van der Waals surface area contributed by atoms with Gasteiger partial charge in [-0.2, -0.15) is 0 Å². The van der Waals surface area contributed by atoms with Crippen molar-refractivity contribution in [1.29, 1.82) is 0 Å². The van der Waals surface area contributed by atoms with E-state index in [4.69, 9.17) is 13.9 Å². The van der Waals surface area contributed by atoms with Crippen molar-refractivity contribution in [2.75, 3.05) is 20.8 Å². The number of aliphatic hydroxyl groups excluding tert-OH is 1. The van der Waals surface area contributed by atoms with Crippen LogP contribution < -0.4 is 9.47 Å². The molecule has 4 rings (SSSR count). The monoisotopic (exact) mass is 421 g/mol. The fourth-order valence-corrected chi connectivity index (χ4v) is 3.93. The van der Waals surface area contributed by atoms with Gasteiger partial charge in [-0.05, 0) is 36.2 Å². The molecule has 1 unspecified atom stereocenters. The lowest BCUT2D eigenvalue weighted by Gasteiger charge is -2.26. The highest BCUT2D eigenvalue weighted by molar-refractivity contribution is 6.16. The molecule has 7 nitrogen and oxygen atoms in total. The molecule has 31 heavy (non-hydrogen) atoms. The van der Waals surface area contributed by atoms with Crippen LogP contribution in [0.15, 0.2) is 64.3 Å². The van der Waals surface area contributed by atoms with Crippen molar-refractivity contribution in [3.8, 4) is 11.5 Å². The van der Waals surface area contributed by atoms with Crippen LogP contribution in [0, 0.1) is 0 Å². The zero-order valence-corrected chi connectivity index (χ0v) is 17.5. The second kappa shape index (κ2) is 8.18. The van der Waals surface area contributed by atoms with Gasteiger partial charge in [-0.25, -0.2) is 0 Å². The molecule has 3 aromatic rings. The molecule has 0 saturated carbocycles. The fraction of sp³-hybridized carbons (Fsp3) is 0.250. The first-order valence-electron chi connectivity index (χ1n) is 9.99. The van der Waals surface area contributed by atoms with Crippen LogP contribution >= 0.6 is 0 Å². The Balaban J connectivity index is 1.81. The topological polar surface area (TPSA) is 89.2 Å². The van der Waals surface area contributed by atoms with Gasteiger partial charge in [0.2, 0.25) is 5.78 Å². The maximum Gasteiger partial charge on any atom is 0.290 e. The van der Waals surface area contributed by atoms with E-state index in [9.17, 15) is 14.7 Å². The van der Waals surface area contributed by atoms with E-state index in [0.29, 0.717) is 41.0 Å². The maximum absolute atomic E-state index is 13.5. The zero-order chi connectivity index (χ0) is 22.1. The van der Waals surface area contributed by atoms with Crippen molar-refractivity contribution >= 4 is 22.7 Å². The number of hydrogen-bond donors (Lipinski definition) is 1. The van der Waals surface area contributed by atoms with Gasteiger partial charge in [-0.15, -0.1) is 0 Å². The van der Waals surface area contributed by atoms with Gasteiger partial charge >= 0.3 is 0 Å². The number of ketones is 1. The number of fused-ring (bicyclic) bond motifs is 1. The van der Waals surface area contributed by atoms with Crippen LogP contribution in [0.1, 0.15) is 35.5 Å². The average molecular weight is 421 g/mol. The molecule has 1 aliphatic heterocycles. The molecular weight excluding hydrogens is 398 g/mol. The van der Waals surface area contributed by atoms with Crippen molar-refractivity contribution in [3.63, 3.8) is 0 Å². The zero-order valence-electron chi connectivity index (χ0n) is 17.5. The molecule has 2 aromatic carbocycles. The van der Waals surface area contributed by atoms with Gasteiger partial charge in [0.05, 0.1) is 25.8 Å². The summed E-state index contributed by atoms with van der Waals surface area (Å²) in [6, 6.07) is 13.3. The van der Waals surface area contributed by atoms with Gasteiger partial charge in [0, 0.05) is 11.9 Å². The van der Waals surface area contributed by atoms with E-state index in [2.05, 4.69) is 0 Å². The number of benzene rings is 2. The number of Topliss-reactive ketones (excluding diaryl/α,β-unsaturated/α-hetero) is 1. The summed E-state index contributed by atoms with van der Waals surface area (Å²) >= 11 is 0. The third kappa shape index (κ3) is 3.42. The Hall–Kier alpha value is -3.74.